The maximum atomic E-state index is 3.56. The quantitative estimate of drug-likeness (QED) is 0.733. The molecule has 1 saturated carbocycles. The number of nitrogens with zero attached hydrogens (tertiary/aromatic N) is 1. The molecular weight excluding hydrogens is 208 g/mol. The van der Waals surface area contributed by atoms with Crippen molar-refractivity contribution in [1.82, 2.24) is 5.32 Å². The van der Waals surface area contributed by atoms with Crippen molar-refractivity contribution in [1.29, 1.82) is 0 Å². The molecule has 3 aliphatic rings. The average Bonchev–Trinajstić information content (AvgIpc) is 2.70. The number of hydrogen-bond acceptors (Lipinski definition) is 2. The van der Waals surface area contributed by atoms with Crippen molar-refractivity contribution >= 4 is 5.69 Å². The van der Waals surface area contributed by atoms with Gasteiger partial charge in [0.2, 0.25) is 0 Å². The summed E-state index contributed by atoms with van der Waals surface area (Å²) < 4.78 is 0. The number of anilines is 1. The number of fused-ring (bicyclic) bond motifs is 2. The molecule has 0 aromatic heterocycles. The predicted molar refractivity (Wildman–Crippen MR) is 70.3 cm³/mol. The Labute approximate surface area is 103 Å². The summed E-state index contributed by atoms with van der Waals surface area (Å²) in [6, 6.07) is 7.74. The van der Waals surface area contributed by atoms with Crippen LogP contribution < -0.4 is 10.2 Å². The average molecular weight is 228 g/mol. The highest BCUT2D eigenvalue weighted by Gasteiger charge is 2.38. The number of hydrogen-bond donors (Lipinski definition) is 1. The molecule has 2 nitrogen and oxygen atoms in total. The Morgan fingerprint density at radius 1 is 1.18 bits per heavy atom. The van der Waals surface area contributed by atoms with E-state index in [2.05, 4.69) is 28.4 Å². The monoisotopic (exact) mass is 228 g/mol. The summed E-state index contributed by atoms with van der Waals surface area (Å²) in [6.45, 7) is 3.39. The van der Waals surface area contributed by atoms with Crippen LogP contribution in [0.4, 0.5) is 5.69 Å². The van der Waals surface area contributed by atoms with Gasteiger partial charge in [-0.15, -0.1) is 0 Å². The molecule has 0 bridgehead atoms. The Balaban J connectivity index is 1.86. The predicted octanol–water partition coefficient (Wildman–Crippen LogP) is 2.32. The van der Waals surface area contributed by atoms with E-state index in [-0.39, 0.29) is 0 Å². The van der Waals surface area contributed by atoms with Gasteiger partial charge in [0.15, 0.2) is 0 Å². The second kappa shape index (κ2) is 3.74. The van der Waals surface area contributed by atoms with Crippen LogP contribution in [0.1, 0.15) is 30.4 Å². The van der Waals surface area contributed by atoms with Crippen LogP contribution in [0, 0.1) is 5.92 Å². The molecule has 1 aliphatic carbocycles. The van der Waals surface area contributed by atoms with Crippen LogP contribution in [-0.2, 0) is 13.0 Å². The molecule has 1 N–H and O–H groups in total. The van der Waals surface area contributed by atoms with Crippen LogP contribution in [0.5, 0.6) is 0 Å². The molecule has 0 spiro atoms. The molecule has 0 saturated heterocycles. The van der Waals surface area contributed by atoms with Gasteiger partial charge in [0, 0.05) is 31.4 Å². The van der Waals surface area contributed by atoms with Gasteiger partial charge in [-0.3, -0.25) is 0 Å². The highest BCUT2D eigenvalue weighted by molar-refractivity contribution is 5.63. The molecule has 0 radical (unpaired) electrons. The van der Waals surface area contributed by atoms with Gasteiger partial charge in [-0.25, -0.2) is 0 Å². The molecule has 2 heterocycles. The van der Waals surface area contributed by atoms with Gasteiger partial charge in [-0.2, -0.15) is 0 Å². The summed E-state index contributed by atoms with van der Waals surface area (Å²) in [5, 5.41) is 3.56. The molecule has 1 aromatic rings. The smallest absolute Gasteiger partial charge is 0.0447 e. The van der Waals surface area contributed by atoms with E-state index < -0.39 is 0 Å². The molecule has 1 fully saturated rings. The normalized spacial score (nSPS) is 30.7. The second-order valence-electron chi connectivity index (χ2n) is 5.76. The lowest BCUT2D eigenvalue weighted by Crippen LogP contribution is -2.44. The fourth-order valence-corrected chi connectivity index (χ4v) is 4.13. The maximum absolute atomic E-state index is 3.56. The van der Waals surface area contributed by atoms with Crippen LogP contribution in [0.15, 0.2) is 18.2 Å². The number of nitrogens with one attached hydrogen (secondary N) is 1. The molecule has 4 rings (SSSR count). The highest BCUT2D eigenvalue weighted by Crippen LogP contribution is 2.43. The van der Waals surface area contributed by atoms with E-state index in [0.29, 0.717) is 0 Å². The molecule has 90 valence electrons. The van der Waals surface area contributed by atoms with Crippen molar-refractivity contribution in [2.45, 2.75) is 38.3 Å². The Kier molecular flexibility index (Phi) is 2.19. The van der Waals surface area contributed by atoms with Gasteiger partial charge in [-0.05, 0) is 36.3 Å². The van der Waals surface area contributed by atoms with E-state index in [1.54, 1.807) is 11.3 Å². The highest BCUT2D eigenvalue weighted by atomic mass is 15.2. The minimum Gasteiger partial charge on any atom is -0.366 e. The van der Waals surface area contributed by atoms with E-state index in [1.807, 2.05) is 0 Å². The molecular formula is C15H20N2. The first-order valence-corrected chi connectivity index (χ1v) is 7.01. The van der Waals surface area contributed by atoms with E-state index in [1.165, 1.54) is 37.8 Å². The molecule has 17 heavy (non-hydrogen) atoms. The first-order valence-electron chi connectivity index (χ1n) is 7.01. The third kappa shape index (κ3) is 1.43. The Bertz CT molecular complexity index is 441. The minimum absolute atomic E-state index is 0.837. The number of benzene rings is 1. The van der Waals surface area contributed by atoms with E-state index >= 15 is 0 Å². The van der Waals surface area contributed by atoms with E-state index in [0.717, 1.165) is 25.0 Å². The van der Waals surface area contributed by atoms with Crippen LogP contribution >= 0.6 is 0 Å². The van der Waals surface area contributed by atoms with Crippen LogP contribution in [0.25, 0.3) is 0 Å². The molecule has 0 unspecified atom stereocenters. The van der Waals surface area contributed by atoms with Gasteiger partial charge in [0.1, 0.15) is 0 Å². The van der Waals surface area contributed by atoms with Crippen molar-refractivity contribution in [3.63, 3.8) is 0 Å². The van der Waals surface area contributed by atoms with Crippen LogP contribution in [-0.4, -0.2) is 19.1 Å². The van der Waals surface area contributed by atoms with Gasteiger partial charge < -0.3 is 10.2 Å². The van der Waals surface area contributed by atoms with Crippen molar-refractivity contribution < 1.29 is 0 Å². The second-order valence-corrected chi connectivity index (χ2v) is 5.76. The maximum Gasteiger partial charge on any atom is 0.0447 e. The van der Waals surface area contributed by atoms with Gasteiger partial charge in [-0.1, -0.05) is 24.6 Å². The minimum atomic E-state index is 0.837. The third-order valence-electron chi connectivity index (χ3n) is 4.84. The van der Waals surface area contributed by atoms with Gasteiger partial charge in [0.25, 0.3) is 0 Å². The summed E-state index contributed by atoms with van der Waals surface area (Å²) in [6.07, 6.45) is 5.61. The topological polar surface area (TPSA) is 15.3 Å². The summed E-state index contributed by atoms with van der Waals surface area (Å²) in [4.78, 5) is 2.73. The Morgan fingerprint density at radius 3 is 3.12 bits per heavy atom. The first-order chi connectivity index (χ1) is 8.43. The Hall–Kier alpha value is -1.02. The standard InChI is InChI=1S/C15H20N2/c1-4-12-9-11-3-2-6-14(11)17-8-7-16-10-13(5-1)15(12)17/h1,4-5,11,14,16H,2-3,6-10H2/t11-,14+/m0/s1. The fraction of sp³-hybridized carbons (Fsp3) is 0.600. The molecule has 2 atom stereocenters. The number of rotatable bonds is 0. The zero-order valence-electron chi connectivity index (χ0n) is 10.3. The molecule has 2 aliphatic heterocycles. The van der Waals surface area contributed by atoms with Crippen molar-refractivity contribution in [2.75, 3.05) is 18.0 Å². The van der Waals surface area contributed by atoms with Gasteiger partial charge in [0.05, 0.1) is 0 Å². The molecule has 2 heteroatoms. The zero-order chi connectivity index (χ0) is 11.2. The molecule has 1 aromatic carbocycles. The van der Waals surface area contributed by atoms with Crippen molar-refractivity contribution in [3.05, 3.63) is 29.3 Å². The summed E-state index contributed by atoms with van der Waals surface area (Å²) in [5.74, 6) is 0.927. The lowest BCUT2D eigenvalue weighted by molar-refractivity contribution is 0.426. The third-order valence-corrected chi connectivity index (χ3v) is 4.84. The van der Waals surface area contributed by atoms with Crippen LogP contribution in [0.2, 0.25) is 0 Å². The fourth-order valence-electron chi connectivity index (χ4n) is 4.13. The van der Waals surface area contributed by atoms with E-state index in [4.69, 9.17) is 0 Å². The largest absolute Gasteiger partial charge is 0.366 e. The van der Waals surface area contributed by atoms with Crippen LogP contribution in [0.3, 0.4) is 0 Å². The Morgan fingerprint density at radius 2 is 2.12 bits per heavy atom. The lowest BCUT2D eigenvalue weighted by Gasteiger charge is -2.41. The zero-order valence-corrected chi connectivity index (χ0v) is 10.3. The molecule has 0 amide bonds. The summed E-state index contributed by atoms with van der Waals surface area (Å²) in [5.41, 5.74) is 4.71. The summed E-state index contributed by atoms with van der Waals surface area (Å²) in [7, 11) is 0. The summed E-state index contributed by atoms with van der Waals surface area (Å²) >= 11 is 0. The van der Waals surface area contributed by atoms with E-state index in [9.17, 15) is 0 Å². The SMILES string of the molecule is c1cc2c3c(c1)C[C@@H]1CCC[C@H]1N3CCNC2. The van der Waals surface area contributed by atoms with Crippen molar-refractivity contribution in [2.24, 2.45) is 5.92 Å². The lowest BCUT2D eigenvalue weighted by atomic mass is 9.86. The first kappa shape index (κ1) is 9.95. The van der Waals surface area contributed by atoms with Crippen molar-refractivity contribution in [3.8, 4) is 0 Å². The van der Waals surface area contributed by atoms with Gasteiger partial charge >= 0.3 is 0 Å². The number of para-hydroxylation sites is 1.